The van der Waals surface area contributed by atoms with E-state index in [1.54, 1.807) is 31.2 Å². The maximum atomic E-state index is 13.4. The van der Waals surface area contributed by atoms with Crippen molar-refractivity contribution in [1.29, 1.82) is 0 Å². The van der Waals surface area contributed by atoms with Crippen molar-refractivity contribution in [2.75, 3.05) is 17.2 Å². The monoisotopic (exact) mass is 395 g/mol. The average molecular weight is 395 g/mol. The molecule has 0 aromatic heterocycles. The molecule has 0 saturated carbocycles. The van der Waals surface area contributed by atoms with Gasteiger partial charge in [0, 0.05) is 19.2 Å². The zero-order chi connectivity index (χ0) is 21.0. The van der Waals surface area contributed by atoms with Crippen LogP contribution in [0.2, 0.25) is 0 Å². The Labute approximate surface area is 170 Å². The van der Waals surface area contributed by atoms with E-state index in [2.05, 4.69) is 0 Å². The van der Waals surface area contributed by atoms with Gasteiger partial charge in [0.1, 0.15) is 12.1 Å². The highest BCUT2D eigenvalue weighted by Gasteiger charge is 2.49. The van der Waals surface area contributed by atoms with Crippen molar-refractivity contribution in [2.24, 2.45) is 0 Å². The lowest BCUT2D eigenvalue weighted by Gasteiger charge is -2.36. The van der Waals surface area contributed by atoms with E-state index in [1.165, 1.54) is 11.8 Å². The van der Waals surface area contributed by atoms with Gasteiger partial charge in [-0.05, 0) is 43.5 Å². The van der Waals surface area contributed by atoms with Crippen molar-refractivity contribution in [3.8, 4) is 0 Å². The minimum atomic E-state index is -1.18. The molecule has 1 unspecified atom stereocenters. The van der Waals surface area contributed by atoms with Gasteiger partial charge in [0.2, 0.25) is 5.91 Å². The smallest absolute Gasteiger partial charge is 0.410 e. The second-order valence-electron chi connectivity index (χ2n) is 7.32. The number of benzene rings is 2. The highest BCUT2D eigenvalue weighted by molar-refractivity contribution is 6.18. The third kappa shape index (κ3) is 4.23. The number of ether oxygens (including phenoxy) is 1. The molecular formula is C22H25N3O4. The van der Waals surface area contributed by atoms with E-state index in [0.717, 1.165) is 10.5 Å². The van der Waals surface area contributed by atoms with Crippen LogP contribution >= 0.6 is 0 Å². The summed E-state index contributed by atoms with van der Waals surface area (Å²) in [6.07, 6.45) is 0.516. The highest BCUT2D eigenvalue weighted by atomic mass is 16.6. The third-order valence-electron chi connectivity index (χ3n) is 5.17. The Balaban J connectivity index is 1.81. The van der Waals surface area contributed by atoms with Gasteiger partial charge in [-0.2, -0.15) is 0 Å². The molecule has 1 atom stereocenters. The van der Waals surface area contributed by atoms with Crippen molar-refractivity contribution in [3.63, 3.8) is 0 Å². The molecule has 0 radical (unpaired) electrons. The second-order valence-corrected chi connectivity index (χ2v) is 7.32. The number of carbonyl (C=O) groups excluding carboxylic acids is 3. The van der Waals surface area contributed by atoms with E-state index in [-0.39, 0.29) is 6.61 Å². The molecule has 1 heterocycles. The molecule has 7 heteroatoms. The molecule has 1 aliphatic heterocycles. The molecule has 3 rings (SSSR count). The molecule has 0 bridgehead atoms. The van der Waals surface area contributed by atoms with Crippen LogP contribution in [0.3, 0.4) is 0 Å². The van der Waals surface area contributed by atoms with Gasteiger partial charge in [-0.25, -0.2) is 9.69 Å². The zero-order valence-electron chi connectivity index (χ0n) is 16.6. The summed E-state index contributed by atoms with van der Waals surface area (Å²) in [7, 11) is 0. The zero-order valence-corrected chi connectivity index (χ0v) is 16.6. The average Bonchev–Trinajstić information content (AvgIpc) is 3.10. The minimum Gasteiger partial charge on any atom is -0.445 e. The molecule has 1 aliphatic rings. The number of nitrogens with zero attached hydrogens (tertiary/aromatic N) is 2. The van der Waals surface area contributed by atoms with Crippen LogP contribution in [-0.4, -0.2) is 34.9 Å². The molecule has 2 aromatic rings. The topological polar surface area (TPSA) is 92.9 Å². The standard InChI is InChI=1S/C22H25N3O4/c1-16(26)25(19-11-6-10-18(23)14-19)20(27)22(2)12-7-13-24(22)21(28)29-15-17-8-4-3-5-9-17/h3-6,8-11,14H,7,12-13,15,23H2,1-2H3. The maximum Gasteiger partial charge on any atom is 0.410 e. The molecule has 29 heavy (non-hydrogen) atoms. The first-order valence-corrected chi connectivity index (χ1v) is 9.52. The number of nitrogen functional groups attached to an aromatic ring is 1. The van der Waals surface area contributed by atoms with Crippen molar-refractivity contribution >= 4 is 29.3 Å². The van der Waals surface area contributed by atoms with E-state index in [4.69, 9.17) is 10.5 Å². The highest BCUT2D eigenvalue weighted by Crippen LogP contribution is 2.33. The number of anilines is 2. The third-order valence-corrected chi connectivity index (χ3v) is 5.17. The van der Waals surface area contributed by atoms with E-state index >= 15 is 0 Å². The van der Waals surface area contributed by atoms with Crippen LogP contribution in [0.5, 0.6) is 0 Å². The van der Waals surface area contributed by atoms with E-state index < -0.39 is 23.4 Å². The maximum absolute atomic E-state index is 13.4. The first-order chi connectivity index (χ1) is 13.8. The van der Waals surface area contributed by atoms with Crippen LogP contribution in [0.25, 0.3) is 0 Å². The number of nitrogens with two attached hydrogens (primary N) is 1. The molecule has 2 N–H and O–H groups in total. The summed E-state index contributed by atoms with van der Waals surface area (Å²) in [5.74, 6) is -0.906. The summed E-state index contributed by atoms with van der Waals surface area (Å²) >= 11 is 0. The fraction of sp³-hybridized carbons (Fsp3) is 0.318. The summed E-state index contributed by atoms with van der Waals surface area (Å²) in [4.78, 5) is 41.0. The largest absolute Gasteiger partial charge is 0.445 e. The number of amides is 3. The van der Waals surface area contributed by atoms with Crippen molar-refractivity contribution in [1.82, 2.24) is 4.90 Å². The predicted molar refractivity (Wildman–Crippen MR) is 110 cm³/mol. The Morgan fingerprint density at radius 1 is 1.14 bits per heavy atom. The Bertz CT molecular complexity index is 915. The van der Waals surface area contributed by atoms with Gasteiger partial charge in [-0.1, -0.05) is 36.4 Å². The lowest BCUT2D eigenvalue weighted by atomic mass is 9.96. The van der Waals surface area contributed by atoms with Gasteiger partial charge < -0.3 is 10.5 Å². The summed E-state index contributed by atoms with van der Waals surface area (Å²) in [5.41, 5.74) is 6.33. The number of hydrogen-bond donors (Lipinski definition) is 1. The van der Waals surface area contributed by atoms with Crippen LogP contribution < -0.4 is 10.6 Å². The van der Waals surface area contributed by atoms with E-state index in [1.807, 2.05) is 30.3 Å². The molecule has 0 aliphatic carbocycles. The Kier molecular flexibility index (Phi) is 5.87. The predicted octanol–water partition coefficient (Wildman–Crippen LogP) is 3.34. The van der Waals surface area contributed by atoms with Crippen LogP contribution in [0.15, 0.2) is 54.6 Å². The molecule has 0 spiro atoms. The minimum absolute atomic E-state index is 0.117. The lowest BCUT2D eigenvalue weighted by molar-refractivity contribution is -0.132. The number of hydrogen-bond acceptors (Lipinski definition) is 5. The van der Waals surface area contributed by atoms with Crippen molar-refractivity contribution in [2.45, 2.75) is 38.8 Å². The lowest BCUT2D eigenvalue weighted by Crippen LogP contribution is -2.57. The number of imide groups is 1. The quantitative estimate of drug-likeness (QED) is 0.802. The van der Waals surface area contributed by atoms with Gasteiger partial charge in [0.15, 0.2) is 0 Å². The molecule has 3 amide bonds. The molecule has 7 nitrogen and oxygen atoms in total. The van der Waals surface area contributed by atoms with Gasteiger partial charge in [0.25, 0.3) is 5.91 Å². The number of likely N-dealkylation sites (tertiary alicyclic amines) is 1. The van der Waals surface area contributed by atoms with Crippen molar-refractivity contribution < 1.29 is 19.1 Å². The summed E-state index contributed by atoms with van der Waals surface area (Å²) in [6, 6.07) is 15.9. The Hall–Kier alpha value is -3.35. The molecule has 1 fully saturated rings. The van der Waals surface area contributed by atoms with E-state index in [0.29, 0.717) is 30.8 Å². The molecule has 2 aromatic carbocycles. The van der Waals surface area contributed by atoms with Crippen LogP contribution in [0.4, 0.5) is 16.2 Å². The van der Waals surface area contributed by atoms with Gasteiger partial charge >= 0.3 is 6.09 Å². The SMILES string of the molecule is CC(=O)N(C(=O)C1(C)CCCN1C(=O)OCc1ccccc1)c1cccc(N)c1. The van der Waals surface area contributed by atoms with Gasteiger partial charge in [-0.15, -0.1) is 0 Å². The molecular weight excluding hydrogens is 370 g/mol. The number of carbonyl (C=O) groups is 3. The van der Waals surface area contributed by atoms with Crippen LogP contribution in [0, 0.1) is 0 Å². The second kappa shape index (κ2) is 8.34. The van der Waals surface area contributed by atoms with Crippen LogP contribution in [-0.2, 0) is 20.9 Å². The van der Waals surface area contributed by atoms with Crippen molar-refractivity contribution in [3.05, 3.63) is 60.2 Å². The fourth-order valence-electron chi connectivity index (χ4n) is 3.62. The summed E-state index contributed by atoms with van der Waals surface area (Å²) in [5, 5.41) is 0. The molecule has 152 valence electrons. The van der Waals surface area contributed by atoms with Gasteiger partial charge in [0.05, 0.1) is 5.69 Å². The Morgan fingerprint density at radius 3 is 2.52 bits per heavy atom. The number of rotatable bonds is 4. The first kappa shape index (κ1) is 20.4. The first-order valence-electron chi connectivity index (χ1n) is 9.52. The summed E-state index contributed by atoms with van der Waals surface area (Å²) in [6.45, 7) is 3.50. The van der Waals surface area contributed by atoms with Crippen LogP contribution in [0.1, 0.15) is 32.3 Å². The summed E-state index contributed by atoms with van der Waals surface area (Å²) < 4.78 is 5.43. The molecule has 1 saturated heterocycles. The fourth-order valence-corrected chi connectivity index (χ4v) is 3.62. The van der Waals surface area contributed by atoms with E-state index in [9.17, 15) is 14.4 Å². The normalized spacial score (nSPS) is 18.3. The van der Waals surface area contributed by atoms with Gasteiger partial charge in [-0.3, -0.25) is 14.5 Å². The Morgan fingerprint density at radius 2 is 1.86 bits per heavy atom.